The van der Waals surface area contributed by atoms with Crippen molar-refractivity contribution in [2.24, 2.45) is 11.8 Å². The van der Waals surface area contributed by atoms with Crippen LogP contribution >= 0.6 is 0 Å². The molecule has 3 saturated heterocycles. The zero-order valence-electron chi connectivity index (χ0n) is 15.2. The number of hydrogen-bond donors (Lipinski definition) is 1. The van der Waals surface area contributed by atoms with Crippen LogP contribution in [0.3, 0.4) is 0 Å². The number of hydrogen-bond acceptors (Lipinski definition) is 4. The fourth-order valence-corrected chi connectivity index (χ4v) is 5.99. The topological polar surface area (TPSA) is 69.7 Å². The zero-order chi connectivity index (χ0) is 19.0. The molecule has 4 aliphatic rings. The van der Waals surface area contributed by atoms with E-state index in [1.54, 1.807) is 12.1 Å². The number of imide groups is 1. The van der Waals surface area contributed by atoms with E-state index in [1.165, 1.54) is 4.90 Å². The van der Waals surface area contributed by atoms with Crippen molar-refractivity contribution in [3.8, 4) is 0 Å². The highest BCUT2D eigenvalue weighted by molar-refractivity contribution is 6.25. The van der Waals surface area contributed by atoms with Crippen LogP contribution in [0.15, 0.2) is 54.6 Å². The van der Waals surface area contributed by atoms with Gasteiger partial charge in [0.1, 0.15) is 5.54 Å². The van der Waals surface area contributed by atoms with Gasteiger partial charge >= 0.3 is 0 Å². The first kappa shape index (κ1) is 16.0. The molecule has 1 spiro atoms. The van der Waals surface area contributed by atoms with Crippen molar-refractivity contribution in [3.05, 3.63) is 60.2 Å². The summed E-state index contributed by atoms with van der Waals surface area (Å²) in [5.74, 6) is -1.78. The van der Waals surface area contributed by atoms with Gasteiger partial charge < -0.3 is 5.32 Å². The molecule has 0 unspecified atom stereocenters. The second-order valence-corrected chi connectivity index (χ2v) is 8.02. The Kier molecular flexibility index (Phi) is 3.03. The molecule has 4 aliphatic heterocycles. The summed E-state index contributed by atoms with van der Waals surface area (Å²) in [6.45, 7) is 0.727. The number of anilines is 2. The lowest BCUT2D eigenvalue weighted by molar-refractivity contribution is -0.135. The minimum atomic E-state index is -1.08. The first-order valence-corrected chi connectivity index (χ1v) is 9.76. The van der Waals surface area contributed by atoms with Crippen molar-refractivity contribution in [3.63, 3.8) is 0 Å². The quantitative estimate of drug-likeness (QED) is 0.778. The van der Waals surface area contributed by atoms with E-state index in [9.17, 15) is 14.4 Å². The lowest BCUT2D eigenvalue weighted by atomic mass is 9.75. The molecule has 4 heterocycles. The molecule has 2 aromatic rings. The second-order valence-electron chi connectivity index (χ2n) is 8.02. The van der Waals surface area contributed by atoms with Crippen molar-refractivity contribution in [2.75, 3.05) is 16.8 Å². The molecule has 3 fully saturated rings. The lowest BCUT2D eigenvalue weighted by Gasteiger charge is -2.36. The summed E-state index contributed by atoms with van der Waals surface area (Å²) < 4.78 is 0. The van der Waals surface area contributed by atoms with Crippen LogP contribution in [-0.2, 0) is 19.9 Å². The standard InChI is InChI=1S/C22H19N3O3/c26-19-17-16-11-6-12-24(16)22(14-9-4-5-10-15(14)23-21(22)28)18(17)20(27)25(19)13-7-2-1-3-8-13/h1-5,7-10,16-18H,6,11-12H2,(H,23,28)/t16-,17+,18+,22-/m1/s1. The monoisotopic (exact) mass is 373 g/mol. The van der Waals surface area contributed by atoms with Gasteiger partial charge in [-0.05, 0) is 37.6 Å². The molecular formula is C22H19N3O3. The largest absolute Gasteiger partial charge is 0.324 e. The Labute approximate surface area is 162 Å². The van der Waals surface area contributed by atoms with Crippen LogP contribution in [0.1, 0.15) is 18.4 Å². The van der Waals surface area contributed by atoms with Crippen molar-refractivity contribution < 1.29 is 14.4 Å². The number of para-hydroxylation sites is 2. The molecule has 140 valence electrons. The van der Waals surface area contributed by atoms with Crippen LogP contribution in [0, 0.1) is 11.8 Å². The highest BCUT2D eigenvalue weighted by atomic mass is 16.2. The summed E-state index contributed by atoms with van der Waals surface area (Å²) in [5, 5.41) is 2.98. The summed E-state index contributed by atoms with van der Waals surface area (Å²) in [5.41, 5.74) is 1.07. The highest BCUT2D eigenvalue weighted by Gasteiger charge is 2.74. The minimum absolute atomic E-state index is 0.0768. The summed E-state index contributed by atoms with van der Waals surface area (Å²) in [6.07, 6.45) is 1.76. The molecule has 6 heteroatoms. The molecule has 6 nitrogen and oxygen atoms in total. The average molecular weight is 373 g/mol. The molecule has 0 radical (unpaired) electrons. The molecule has 0 aromatic heterocycles. The van der Waals surface area contributed by atoms with Gasteiger partial charge in [-0.2, -0.15) is 0 Å². The van der Waals surface area contributed by atoms with E-state index in [0.717, 1.165) is 30.6 Å². The SMILES string of the molecule is O=C1[C@H]2[C@H]3CCCN3[C@@]3(C(=O)Nc4ccccc43)[C@@H]2C(=O)N1c1ccccc1. The molecule has 3 amide bonds. The number of fused-ring (bicyclic) bond motifs is 7. The highest BCUT2D eigenvalue weighted by Crippen LogP contribution is 2.60. The zero-order valence-corrected chi connectivity index (χ0v) is 15.2. The first-order valence-electron chi connectivity index (χ1n) is 9.76. The molecule has 0 saturated carbocycles. The van der Waals surface area contributed by atoms with E-state index in [-0.39, 0.29) is 23.8 Å². The number of carbonyl (C=O) groups is 3. The van der Waals surface area contributed by atoms with Crippen LogP contribution < -0.4 is 10.2 Å². The van der Waals surface area contributed by atoms with Gasteiger partial charge in [-0.15, -0.1) is 0 Å². The van der Waals surface area contributed by atoms with Crippen molar-refractivity contribution >= 4 is 29.1 Å². The van der Waals surface area contributed by atoms with Crippen LogP contribution in [0.4, 0.5) is 11.4 Å². The molecule has 28 heavy (non-hydrogen) atoms. The maximum absolute atomic E-state index is 13.6. The van der Waals surface area contributed by atoms with Gasteiger partial charge in [-0.3, -0.25) is 19.3 Å². The van der Waals surface area contributed by atoms with Crippen LogP contribution in [-0.4, -0.2) is 35.2 Å². The smallest absolute Gasteiger partial charge is 0.250 e. The van der Waals surface area contributed by atoms with Crippen molar-refractivity contribution in [1.29, 1.82) is 0 Å². The fourth-order valence-electron chi connectivity index (χ4n) is 5.99. The maximum atomic E-state index is 13.6. The normalized spacial score (nSPS) is 33.4. The van der Waals surface area contributed by atoms with Crippen molar-refractivity contribution in [2.45, 2.75) is 24.4 Å². The molecule has 0 bridgehead atoms. The molecule has 0 aliphatic carbocycles. The Morgan fingerprint density at radius 3 is 2.50 bits per heavy atom. The predicted octanol–water partition coefficient (Wildman–Crippen LogP) is 2.12. The Balaban J connectivity index is 1.58. The second kappa shape index (κ2) is 5.29. The van der Waals surface area contributed by atoms with Crippen LogP contribution in [0.25, 0.3) is 0 Å². The van der Waals surface area contributed by atoms with Gasteiger partial charge in [0, 0.05) is 17.3 Å². The third-order valence-electron chi connectivity index (χ3n) is 6.91. The minimum Gasteiger partial charge on any atom is -0.324 e. The summed E-state index contributed by atoms with van der Waals surface area (Å²) in [4.78, 5) is 43.9. The van der Waals surface area contributed by atoms with E-state index < -0.39 is 17.4 Å². The number of benzene rings is 2. The van der Waals surface area contributed by atoms with Crippen LogP contribution in [0.2, 0.25) is 0 Å². The molecule has 2 aromatic carbocycles. The van der Waals surface area contributed by atoms with Crippen molar-refractivity contribution in [1.82, 2.24) is 4.90 Å². The van der Waals surface area contributed by atoms with Gasteiger partial charge in [-0.1, -0.05) is 36.4 Å². The van der Waals surface area contributed by atoms with E-state index in [0.29, 0.717) is 5.69 Å². The van der Waals surface area contributed by atoms with E-state index in [4.69, 9.17) is 0 Å². The predicted molar refractivity (Wildman–Crippen MR) is 102 cm³/mol. The Morgan fingerprint density at radius 1 is 0.929 bits per heavy atom. The lowest BCUT2D eigenvalue weighted by Crippen LogP contribution is -2.54. The molecular weight excluding hydrogens is 354 g/mol. The molecule has 4 atom stereocenters. The fraction of sp³-hybridized carbons (Fsp3) is 0.318. The number of rotatable bonds is 1. The van der Waals surface area contributed by atoms with Gasteiger partial charge in [0.25, 0.3) is 0 Å². The number of amides is 3. The maximum Gasteiger partial charge on any atom is 0.250 e. The van der Waals surface area contributed by atoms with E-state index in [2.05, 4.69) is 10.2 Å². The number of nitrogens with zero attached hydrogens (tertiary/aromatic N) is 2. The summed E-state index contributed by atoms with van der Waals surface area (Å²) in [7, 11) is 0. The third kappa shape index (κ3) is 1.66. The molecule has 1 N–H and O–H groups in total. The van der Waals surface area contributed by atoms with Gasteiger partial charge in [0.15, 0.2) is 0 Å². The van der Waals surface area contributed by atoms with E-state index in [1.807, 2.05) is 42.5 Å². The average Bonchev–Trinajstić information content (AvgIpc) is 3.41. The third-order valence-corrected chi connectivity index (χ3v) is 6.91. The number of nitrogens with one attached hydrogen (secondary N) is 1. The van der Waals surface area contributed by atoms with Gasteiger partial charge in [0.2, 0.25) is 17.7 Å². The van der Waals surface area contributed by atoms with Gasteiger partial charge in [-0.25, -0.2) is 4.90 Å². The van der Waals surface area contributed by atoms with Gasteiger partial charge in [0.05, 0.1) is 17.5 Å². The Bertz CT molecular complexity index is 1040. The Hall–Kier alpha value is -2.99. The van der Waals surface area contributed by atoms with E-state index >= 15 is 0 Å². The number of carbonyl (C=O) groups excluding carboxylic acids is 3. The molecule has 6 rings (SSSR count). The Morgan fingerprint density at radius 2 is 1.68 bits per heavy atom. The van der Waals surface area contributed by atoms with Crippen LogP contribution in [0.5, 0.6) is 0 Å². The summed E-state index contributed by atoms with van der Waals surface area (Å²) >= 11 is 0. The summed E-state index contributed by atoms with van der Waals surface area (Å²) in [6, 6.07) is 16.5. The first-order chi connectivity index (χ1) is 13.7.